The predicted octanol–water partition coefficient (Wildman–Crippen LogP) is 5.88. The van der Waals surface area contributed by atoms with Gasteiger partial charge in [-0.3, -0.25) is 10.1 Å². The van der Waals surface area contributed by atoms with E-state index in [0.29, 0.717) is 26.2 Å². The Balaban J connectivity index is 2.60. The number of hydrogen-bond donors (Lipinski definition) is 0. The van der Waals surface area contributed by atoms with Gasteiger partial charge in [-0.05, 0) is 29.8 Å². The molecule has 3 nitrogen and oxygen atoms in total. The molecule has 2 rings (SSSR count). The maximum absolute atomic E-state index is 10.7. The van der Waals surface area contributed by atoms with E-state index in [1.54, 1.807) is 6.07 Å². The molecule has 0 spiro atoms. The van der Waals surface area contributed by atoms with Gasteiger partial charge in [0.2, 0.25) is 0 Å². The summed E-state index contributed by atoms with van der Waals surface area (Å²) in [5, 5.41) is 11.8. The summed E-state index contributed by atoms with van der Waals surface area (Å²) in [7, 11) is 0. The lowest BCUT2D eigenvalue weighted by atomic mass is 10.1. The first-order chi connectivity index (χ1) is 8.90. The van der Waals surface area contributed by atoms with Crippen molar-refractivity contribution in [3.63, 3.8) is 0 Å². The van der Waals surface area contributed by atoms with Crippen LogP contribution in [0.5, 0.6) is 0 Å². The quantitative estimate of drug-likeness (QED) is 0.390. The topological polar surface area (TPSA) is 43.1 Å². The molecule has 0 saturated heterocycles. The van der Waals surface area contributed by atoms with Crippen LogP contribution in [0.3, 0.4) is 0 Å². The molecule has 0 aliphatic heterocycles. The zero-order valence-corrected chi connectivity index (χ0v) is 12.2. The molecule has 0 N–H and O–H groups in total. The van der Waals surface area contributed by atoms with Crippen LogP contribution < -0.4 is 0 Å². The van der Waals surface area contributed by atoms with Crippen LogP contribution in [0.2, 0.25) is 20.1 Å². The van der Waals surface area contributed by atoms with Crippen molar-refractivity contribution in [1.82, 2.24) is 0 Å². The average Bonchev–Trinajstić information content (AvgIpc) is 2.33. The molecular formula is C12H5Cl4NO2. The number of hydrogen-bond acceptors (Lipinski definition) is 2. The van der Waals surface area contributed by atoms with E-state index >= 15 is 0 Å². The van der Waals surface area contributed by atoms with Gasteiger partial charge in [-0.15, -0.1) is 0 Å². The lowest BCUT2D eigenvalue weighted by Crippen LogP contribution is -1.90. The predicted molar refractivity (Wildman–Crippen MR) is 78.6 cm³/mol. The van der Waals surface area contributed by atoms with Gasteiger partial charge in [-0.25, -0.2) is 0 Å². The summed E-state index contributed by atoms with van der Waals surface area (Å²) in [5.74, 6) is 0. The van der Waals surface area contributed by atoms with E-state index in [2.05, 4.69) is 0 Å². The van der Waals surface area contributed by atoms with Crippen LogP contribution in [0.15, 0.2) is 30.3 Å². The van der Waals surface area contributed by atoms with E-state index in [0.717, 1.165) is 0 Å². The van der Waals surface area contributed by atoms with Crippen molar-refractivity contribution in [3.8, 4) is 11.1 Å². The minimum Gasteiger partial charge on any atom is -0.258 e. The second-order valence-corrected chi connectivity index (χ2v) is 5.30. The van der Waals surface area contributed by atoms with Crippen LogP contribution in [0.4, 0.5) is 5.69 Å². The van der Waals surface area contributed by atoms with Crippen LogP contribution >= 0.6 is 46.4 Å². The monoisotopic (exact) mass is 335 g/mol. The highest BCUT2D eigenvalue weighted by atomic mass is 35.5. The van der Waals surface area contributed by atoms with E-state index < -0.39 is 4.92 Å². The van der Waals surface area contributed by atoms with Crippen molar-refractivity contribution in [2.45, 2.75) is 0 Å². The maximum atomic E-state index is 10.7. The van der Waals surface area contributed by atoms with Crippen molar-refractivity contribution in [1.29, 1.82) is 0 Å². The Morgan fingerprint density at radius 2 is 1.63 bits per heavy atom. The van der Waals surface area contributed by atoms with Crippen LogP contribution in [-0.2, 0) is 0 Å². The fraction of sp³-hybridized carbons (Fsp3) is 0. The molecule has 0 saturated carbocycles. The van der Waals surface area contributed by atoms with Crippen LogP contribution in [-0.4, -0.2) is 4.92 Å². The van der Waals surface area contributed by atoms with E-state index in [1.165, 1.54) is 24.3 Å². The Morgan fingerprint density at radius 1 is 0.947 bits per heavy atom. The molecule has 0 aliphatic rings. The maximum Gasteiger partial charge on any atom is 0.287 e. The molecule has 0 fully saturated rings. The molecule has 98 valence electrons. The van der Waals surface area contributed by atoms with E-state index in [9.17, 15) is 10.1 Å². The van der Waals surface area contributed by atoms with Gasteiger partial charge in [-0.1, -0.05) is 46.4 Å². The first kappa shape index (κ1) is 14.4. The summed E-state index contributed by atoms with van der Waals surface area (Å²) in [6, 6.07) is 7.43. The summed E-state index contributed by atoms with van der Waals surface area (Å²) in [4.78, 5) is 10.1. The standard InChI is InChI=1S/C12H5Cl4NO2/c13-7-4-8(12(16)10(15)5-7)6-1-2-11(17(18)19)9(14)3-6/h1-5H. The zero-order valence-electron chi connectivity index (χ0n) is 9.16. The van der Waals surface area contributed by atoms with Gasteiger partial charge in [0, 0.05) is 16.7 Å². The zero-order chi connectivity index (χ0) is 14.2. The Morgan fingerprint density at radius 3 is 2.21 bits per heavy atom. The average molecular weight is 337 g/mol. The van der Waals surface area contributed by atoms with E-state index in [4.69, 9.17) is 46.4 Å². The summed E-state index contributed by atoms with van der Waals surface area (Å²) in [6.45, 7) is 0. The molecule has 0 aromatic heterocycles. The molecule has 19 heavy (non-hydrogen) atoms. The summed E-state index contributed by atoms with van der Waals surface area (Å²) >= 11 is 23.8. The van der Waals surface area contributed by atoms with Crippen molar-refractivity contribution in [2.75, 3.05) is 0 Å². The smallest absolute Gasteiger partial charge is 0.258 e. The number of nitro groups is 1. The molecule has 0 atom stereocenters. The number of benzene rings is 2. The van der Waals surface area contributed by atoms with E-state index in [-0.39, 0.29) is 10.7 Å². The van der Waals surface area contributed by atoms with Crippen LogP contribution in [0.25, 0.3) is 11.1 Å². The molecular weight excluding hydrogens is 332 g/mol. The molecule has 0 amide bonds. The van der Waals surface area contributed by atoms with Gasteiger partial charge in [0.15, 0.2) is 0 Å². The van der Waals surface area contributed by atoms with E-state index in [1.807, 2.05) is 0 Å². The van der Waals surface area contributed by atoms with Crippen molar-refractivity contribution in [3.05, 3.63) is 60.5 Å². The summed E-state index contributed by atoms with van der Waals surface area (Å²) < 4.78 is 0. The Hall–Kier alpha value is -1.000. The normalized spacial score (nSPS) is 10.5. The summed E-state index contributed by atoms with van der Waals surface area (Å²) in [5.41, 5.74) is 0.996. The third-order valence-electron chi connectivity index (χ3n) is 2.45. The number of rotatable bonds is 2. The first-order valence-corrected chi connectivity index (χ1v) is 6.50. The van der Waals surface area contributed by atoms with Crippen molar-refractivity contribution < 1.29 is 4.92 Å². The second kappa shape index (κ2) is 5.55. The highest BCUT2D eigenvalue weighted by Gasteiger charge is 2.15. The SMILES string of the molecule is O=[N+]([O-])c1ccc(-c2cc(Cl)cc(Cl)c2Cl)cc1Cl. The Kier molecular flexibility index (Phi) is 4.21. The molecule has 2 aromatic carbocycles. The molecule has 0 bridgehead atoms. The molecule has 0 aliphatic carbocycles. The number of nitro benzene ring substituents is 1. The van der Waals surface area contributed by atoms with Gasteiger partial charge in [0.05, 0.1) is 15.0 Å². The summed E-state index contributed by atoms with van der Waals surface area (Å²) in [6.07, 6.45) is 0. The van der Waals surface area contributed by atoms with Crippen molar-refractivity contribution >= 4 is 52.1 Å². The molecule has 7 heteroatoms. The largest absolute Gasteiger partial charge is 0.287 e. The highest BCUT2D eigenvalue weighted by Crippen LogP contribution is 2.38. The number of nitrogens with zero attached hydrogens (tertiary/aromatic N) is 1. The minimum atomic E-state index is -0.557. The first-order valence-electron chi connectivity index (χ1n) is 4.99. The minimum absolute atomic E-state index is 0.0228. The Bertz CT molecular complexity index is 673. The third kappa shape index (κ3) is 2.95. The molecule has 2 aromatic rings. The molecule has 0 heterocycles. The fourth-order valence-electron chi connectivity index (χ4n) is 1.59. The highest BCUT2D eigenvalue weighted by molar-refractivity contribution is 6.45. The molecule has 0 unspecified atom stereocenters. The lowest BCUT2D eigenvalue weighted by Gasteiger charge is -2.08. The van der Waals surface area contributed by atoms with Gasteiger partial charge in [-0.2, -0.15) is 0 Å². The van der Waals surface area contributed by atoms with Gasteiger partial charge < -0.3 is 0 Å². The Labute approximate surface area is 128 Å². The van der Waals surface area contributed by atoms with Crippen LogP contribution in [0.1, 0.15) is 0 Å². The van der Waals surface area contributed by atoms with Crippen molar-refractivity contribution in [2.24, 2.45) is 0 Å². The van der Waals surface area contributed by atoms with Crippen LogP contribution in [0, 0.1) is 10.1 Å². The lowest BCUT2D eigenvalue weighted by molar-refractivity contribution is -0.384. The fourth-order valence-corrected chi connectivity index (χ4v) is 2.55. The van der Waals surface area contributed by atoms with Gasteiger partial charge in [0.25, 0.3) is 5.69 Å². The molecule has 0 radical (unpaired) electrons. The van der Waals surface area contributed by atoms with Gasteiger partial charge in [0.1, 0.15) is 5.02 Å². The van der Waals surface area contributed by atoms with Gasteiger partial charge >= 0.3 is 0 Å². The number of halogens is 4. The second-order valence-electron chi connectivity index (χ2n) is 3.67. The third-order valence-corrected chi connectivity index (χ3v) is 3.77.